The number of hydrogen-bond donors (Lipinski definition) is 1. The number of nitrogen functional groups attached to an aromatic ring is 1. The molecule has 0 atom stereocenters. The summed E-state index contributed by atoms with van der Waals surface area (Å²) in [4.78, 5) is 4.67. The van der Waals surface area contributed by atoms with E-state index in [-0.39, 0.29) is 16.8 Å². The highest BCUT2D eigenvalue weighted by Gasteiger charge is 2.22. The Hall–Kier alpha value is -2.47. The van der Waals surface area contributed by atoms with E-state index in [1.54, 1.807) is 42.6 Å². The number of hydrogen-bond acceptors (Lipinski definition) is 7. The summed E-state index contributed by atoms with van der Waals surface area (Å²) in [5.41, 5.74) is 7.84. The minimum absolute atomic E-state index is 0.0592. The first-order valence-corrected chi connectivity index (χ1v) is 9.97. The fourth-order valence-corrected chi connectivity index (χ4v) is 4.74. The summed E-state index contributed by atoms with van der Waals surface area (Å²) in [6.07, 6.45) is 1.54. The topological polar surface area (TPSA) is 117 Å². The fraction of sp³-hybridized carbons (Fsp3) is 0.0625. The Kier molecular flexibility index (Phi) is 3.95. The van der Waals surface area contributed by atoms with Gasteiger partial charge in [-0.25, -0.2) is 17.4 Å². The van der Waals surface area contributed by atoms with Gasteiger partial charge < -0.3 is 10.2 Å². The van der Waals surface area contributed by atoms with Crippen LogP contribution in [0.4, 0.5) is 6.01 Å². The lowest BCUT2D eigenvalue weighted by atomic mass is 10.2. The minimum atomic E-state index is -3.73. The van der Waals surface area contributed by atoms with Gasteiger partial charge in [-0.15, -0.1) is 5.10 Å². The Labute approximate surface area is 162 Å². The second-order valence-corrected chi connectivity index (χ2v) is 8.58. The molecule has 0 amide bonds. The summed E-state index contributed by atoms with van der Waals surface area (Å²) < 4.78 is 33.1. The standard InChI is InChI=1S/C16H12IN5O3S/c1-9-2-4-10(5-3-9)26(23,24)22-8-11(17)14-13(22)7-6-12(19-14)15-20-21-16(18)25-15/h2-8H,1H3,(H2,18,21). The molecular formula is C16H12IN5O3S. The first kappa shape index (κ1) is 17.0. The summed E-state index contributed by atoms with van der Waals surface area (Å²) >= 11 is 2.05. The number of nitrogens with two attached hydrogens (primary N) is 1. The predicted molar refractivity (Wildman–Crippen MR) is 104 cm³/mol. The first-order chi connectivity index (χ1) is 12.4. The average molecular weight is 481 g/mol. The van der Waals surface area contributed by atoms with Gasteiger partial charge in [-0.05, 0) is 53.8 Å². The van der Waals surface area contributed by atoms with Crippen molar-refractivity contribution in [2.24, 2.45) is 0 Å². The zero-order valence-corrected chi connectivity index (χ0v) is 16.4. The van der Waals surface area contributed by atoms with Crippen LogP contribution >= 0.6 is 22.6 Å². The van der Waals surface area contributed by atoms with E-state index in [0.29, 0.717) is 20.3 Å². The monoisotopic (exact) mass is 481 g/mol. The zero-order valence-electron chi connectivity index (χ0n) is 13.4. The van der Waals surface area contributed by atoms with Gasteiger partial charge in [0.2, 0.25) is 0 Å². The van der Waals surface area contributed by atoms with E-state index >= 15 is 0 Å². The highest BCUT2D eigenvalue weighted by Crippen LogP contribution is 2.28. The number of rotatable bonds is 3. The second kappa shape index (κ2) is 6.06. The van der Waals surface area contributed by atoms with Crippen LogP contribution < -0.4 is 5.73 Å². The molecule has 4 rings (SSSR count). The van der Waals surface area contributed by atoms with Gasteiger partial charge in [0, 0.05) is 6.20 Å². The van der Waals surface area contributed by atoms with Crippen LogP contribution in [-0.4, -0.2) is 27.6 Å². The molecule has 0 radical (unpaired) electrons. The molecule has 0 saturated heterocycles. The molecule has 8 nitrogen and oxygen atoms in total. The number of anilines is 1. The molecule has 4 aromatic rings. The van der Waals surface area contributed by atoms with Gasteiger partial charge in [0.1, 0.15) is 11.2 Å². The van der Waals surface area contributed by atoms with Crippen molar-refractivity contribution in [3.8, 4) is 11.6 Å². The van der Waals surface area contributed by atoms with Crippen LogP contribution in [0.15, 0.2) is 51.9 Å². The predicted octanol–water partition coefficient (Wildman–Crippen LogP) is 2.82. The van der Waals surface area contributed by atoms with Gasteiger partial charge in [-0.2, -0.15) is 0 Å². The molecule has 2 N–H and O–H groups in total. The van der Waals surface area contributed by atoms with E-state index in [2.05, 4.69) is 15.2 Å². The maximum absolute atomic E-state index is 13.0. The third-order valence-corrected chi connectivity index (χ3v) is 6.28. The molecule has 0 aliphatic heterocycles. The van der Waals surface area contributed by atoms with Crippen LogP contribution in [-0.2, 0) is 10.0 Å². The highest BCUT2D eigenvalue weighted by atomic mass is 127. The number of benzene rings is 1. The summed E-state index contributed by atoms with van der Waals surface area (Å²) in [5, 5.41) is 7.41. The molecule has 0 aliphatic rings. The Balaban J connectivity index is 1.88. The van der Waals surface area contributed by atoms with E-state index in [4.69, 9.17) is 10.2 Å². The van der Waals surface area contributed by atoms with Gasteiger partial charge in [-0.1, -0.05) is 22.8 Å². The molecule has 0 saturated carbocycles. The minimum Gasteiger partial charge on any atom is -0.402 e. The van der Waals surface area contributed by atoms with E-state index in [1.807, 2.05) is 29.5 Å². The lowest BCUT2D eigenvalue weighted by Gasteiger charge is -2.07. The number of fused-ring (bicyclic) bond motifs is 1. The molecule has 26 heavy (non-hydrogen) atoms. The Morgan fingerprint density at radius 2 is 1.85 bits per heavy atom. The normalized spacial score (nSPS) is 11.9. The number of aromatic nitrogens is 4. The highest BCUT2D eigenvalue weighted by molar-refractivity contribution is 14.1. The summed E-state index contributed by atoms with van der Waals surface area (Å²) in [5.74, 6) is 0.175. The van der Waals surface area contributed by atoms with Crippen LogP contribution in [0.1, 0.15) is 5.56 Å². The molecule has 0 aliphatic carbocycles. The second-order valence-electron chi connectivity index (χ2n) is 5.60. The van der Waals surface area contributed by atoms with Gasteiger partial charge in [0.05, 0.1) is 14.0 Å². The van der Waals surface area contributed by atoms with Crippen LogP contribution in [0.25, 0.3) is 22.6 Å². The zero-order chi connectivity index (χ0) is 18.5. The smallest absolute Gasteiger partial charge is 0.313 e. The molecule has 0 bridgehead atoms. The molecule has 0 spiro atoms. The summed E-state index contributed by atoms with van der Waals surface area (Å²) in [6, 6.07) is 9.92. The van der Waals surface area contributed by atoms with Crippen molar-refractivity contribution in [3.63, 3.8) is 0 Å². The lowest BCUT2D eigenvalue weighted by Crippen LogP contribution is -2.11. The van der Waals surface area contributed by atoms with Crippen molar-refractivity contribution in [1.82, 2.24) is 19.2 Å². The van der Waals surface area contributed by atoms with Crippen molar-refractivity contribution in [1.29, 1.82) is 0 Å². The number of aryl methyl sites for hydroxylation is 1. The fourth-order valence-electron chi connectivity index (χ4n) is 2.52. The van der Waals surface area contributed by atoms with Crippen LogP contribution in [0.3, 0.4) is 0 Å². The van der Waals surface area contributed by atoms with Gasteiger partial charge >= 0.3 is 6.01 Å². The molecule has 3 heterocycles. The third-order valence-electron chi connectivity index (χ3n) is 3.81. The van der Waals surface area contributed by atoms with Crippen LogP contribution in [0, 0.1) is 10.5 Å². The van der Waals surface area contributed by atoms with Crippen molar-refractivity contribution >= 4 is 49.7 Å². The molecule has 0 fully saturated rings. The number of pyridine rings is 1. The summed E-state index contributed by atoms with van der Waals surface area (Å²) in [7, 11) is -3.73. The van der Waals surface area contributed by atoms with Crippen molar-refractivity contribution < 1.29 is 12.8 Å². The first-order valence-electron chi connectivity index (χ1n) is 7.45. The van der Waals surface area contributed by atoms with E-state index in [0.717, 1.165) is 5.56 Å². The van der Waals surface area contributed by atoms with Crippen molar-refractivity contribution in [3.05, 3.63) is 51.7 Å². The van der Waals surface area contributed by atoms with Gasteiger partial charge in [-0.3, -0.25) is 0 Å². The molecule has 0 unspecified atom stereocenters. The SMILES string of the molecule is Cc1ccc(S(=O)(=O)n2cc(I)c3nc(-c4nnc(N)o4)ccc32)cc1. The Bertz CT molecular complexity index is 1230. The Morgan fingerprint density at radius 3 is 2.50 bits per heavy atom. The summed E-state index contributed by atoms with van der Waals surface area (Å²) in [6.45, 7) is 1.90. The van der Waals surface area contributed by atoms with Crippen molar-refractivity contribution in [2.75, 3.05) is 5.73 Å². The third kappa shape index (κ3) is 2.74. The van der Waals surface area contributed by atoms with Crippen LogP contribution in [0.5, 0.6) is 0 Å². The Morgan fingerprint density at radius 1 is 1.12 bits per heavy atom. The lowest BCUT2D eigenvalue weighted by molar-refractivity contribution is 0.588. The molecule has 10 heteroatoms. The average Bonchev–Trinajstić information content (AvgIpc) is 3.19. The molecule has 3 aromatic heterocycles. The quantitative estimate of drug-likeness (QED) is 0.448. The van der Waals surface area contributed by atoms with Crippen molar-refractivity contribution in [2.45, 2.75) is 11.8 Å². The van der Waals surface area contributed by atoms with Gasteiger partial charge in [0.25, 0.3) is 15.9 Å². The van der Waals surface area contributed by atoms with Gasteiger partial charge in [0.15, 0.2) is 0 Å². The van der Waals surface area contributed by atoms with E-state index in [1.165, 1.54) is 3.97 Å². The maximum atomic E-state index is 13.0. The van der Waals surface area contributed by atoms with Crippen LogP contribution in [0.2, 0.25) is 0 Å². The molecule has 1 aromatic carbocycles. The molecular weight excluding hydrogens is 469 g/mol. The largest absolute Gasteiger partial charge is 0.402 e. The van der Waals surface area contributed by atoms with E-state index in [9.17, 15) is 8.42 Å². The number of halogens is 1. The maximum Gasteiger partial charge on any atom is 0.313 e. The number of nitrogens with zero attached hydrogens (tertiary/aromatic N) is 4. The molecule has 132 valence electrons. The van der Waals surface area contributed by atoms with E-state index < -0.39 is 10.0 Å².